The van der Waals surface area contributed by atoms with Crippen LogP contribution in [0.25, 0.3) is 11.5 Å². The Morgan fingerprint density at radius 3 is 3.06 bits per heavy atom. The lowest BCUT2D eigenvalue weighted by Crippen LogP contribution is -1.95. The molecule has 1 heterocycles. The summed E-state index contributed by atoms with van der Waals surface area (Å²) in [6, 6.07) is 7.71. The Kier molecular flexibility index (Phi) is 3.28. The van der Waals surface area contributed by atoms with Gasteiger partial charge in [0.15, 0.2) is 5.82 Å². The lowest BCUT2D eigenvalue weighted by Gasteiger charge is -1.97. The van der Waals surface area contributed by atoms with Gasteiger partial charge in [-0.3, -0.25) is 0 Å². The number of hydrogen-bond acceptors (Lipinski definition) is 5. The topological polar surface area (TPSA) is 74.2 Å². The first-order valence-electron chi connectivity index (χ1n) is 4.94. The first-order valence-corrected chi connectivity index (χ1v) is 4.94. The summed E-state index contributed by atoms with van der Waals surface area (Å²) in [6.07, 6.45) is 0. The highest BCUT2D eigenvalue weighted by molar-refractivity contribution is 5.53. The molecular formula is C11H13N3O2. The molecule has 1 aromatic heterocycles. The van der Waals surface area contributed by atoms with Crippen molar-refractivity contribution < 1.29 is 9.26 Å². The molecule has 0 fully saturated rings. The van der Waals surface area contributed by atoms with Gasteiger partial charge in [-0.15, -0.1) is 0 Å². The Bertz CT molecular complexity index is 468. The molecular weight excluding hydrogens is 206 g/mol. The number of nitrogens with two attached hydrogens (primary N) is 1. The van der Waals surface area contributed by atoms with Gasteiger partial charge in [0.25, 0.3) is 5.89 Å². The number of ether oxygens (including phenoxy) is 1. The highest BCUT2D eigenvalue weighted by Crippen LogP contribution is 2.18. The fourth-order valence-electron chi connectivity index (χ4n) is 1.39. The standard InChI is InChI=1S/C11H13N3O2/c1-15-7-10-13-11(16-14-10)9-4-2-3-8(5-9)6-12/h2-5H,6-7,12H2,1H3. The van der Waals surface area contributed by atoms with Crippen molar-refractivity contribution in [3.8, 4) is 11.5 Å². The second-order valence-corrected chi connectivity index (χ2v) is 3.35. The molecule has 0 aliphatic heterocycles. The molecule has 1 aromatic carbocycles. The molecule has 5 nitrogen and oxygen atoms in total. The molecule has 0 aliphatic rings. The molecule has 2 rings (SSSR count). The van der Waals surface area contributed by atoms with Crippen LogP contribution >= 0.6 is 0 Å². The van der Waals surface area contributed by atoms with E-state index in [1.165, 1.54) is 0 Å². The van der Waals surface area contributed by atoms with Crippen LogP contribution in [0.3, 0.4) is 0 Å². The van der Waals surface area contributed by atoms with Gasteiger partial charge in [-0.1, -0.05) is 17.3 Å². The number of hydrogen-bond donors (Lipinski definition) is 1. The van der Waals surface area contributed by atoms with E-state index in [0.717, 1.165) is 11.1 Å². The third-order valence-electron chi connectivity index (χ3n) is 2.15. The van der Waals surface area contributed by atoms with Crippen molar-refractivity contribution in [3.05, 3.63) is 35.7 Å². The van der Waals surface area contributed by atoms with E-state index in [1.54, 1.807) is 7.11 Å². The van der Waals surface area contributed by atoms with Gasteiger partial charge in [0.2, 0.25) is 0 Å². The molecule has 0 spiro atoms. The molecule has 2 N–H and O–H groups in total. The normalized spacial score (nSPS) is 10.6. The zero-order chi connectivity index (χ0) is 11.4. The zero-order valence-corrected chi connectivity index (χ0v) is 9.01. The molecule has 84 valence electrons. The van der Waals surface area contributed by atoms with Crippen LogP contribution in [-0.2, 0) is 17.9 Å². The molecule has 0 atom stereocenters. The van der Waals surface area contributed by atoms with E-state index in [2.05, 4.69) is 10.1 Å². The molecule has 0 aliphatic carbocycles. The van der Waals surface area contributed by atoms with Gasteiger partial charge < -0.3 is 15.0 Å². The summed E-state index contributed by atoms with van der Waals surface area (Å²) in [5, 5.41) is 3.80. The molecule has 2 aromatic rings. The SMILES string of the molecule is COCc1noc(-c2cccc(CN)c2)n1. The highest BCUT2D eigenvalue weighted by atomic mass is 16.5. The van der Waals surface area contributed by atoms with Crippen LogP contribution in [0.1, 0.15) is 11.4 Å². The average Bonchev–Trinajstić information content (AvgIpc) is 2.78. The van der Waals surface area contributed by atoms with E-state index in [9.17, 15) is 0 Å². The first kappa shape index (κ1) is 10.8. The lowest BCUT2D eigenvalue weighted by molar-refractivity contribution is 0.174. The van der Waals surface area contributed by atoms with Crippen molar-refractivity contribution in [3.63, 3.8) is 0 Å². The van der Waals surface area contributed by atoms with Crippen LogP contribution in [0, 0.1) is 0 Å². The summed E-state index contributed by atoms with van der Waals surface area (Å²) in [5.74, 6) is 1.03. The van der Waals surface area contributed by atoms with Crippen molar-refractivity contribution in [2.24, 2.45) is 5.73 Å². The van der Waals surface area contributed by atoms with E-state index in [-0.39, 0.29) is 0 Å². The second-order valence-electron chi connectivity index (χ2n) is 3.35. The van der Waals surface area contributed by atoms with Crippen molar-refractivity contribution in [2.75, 3.05) is 7.11 Å². The minimum absolute atomic E-state index is 0.347. The maximum atomic E-state index is 5.56. The van der Waals surface area contributed by atoms with E-state index >= 15 is 0 Å². The molecule has 0 saturated carbocycles. The fraction of sp³-hybridized carbons (Fsp3) is 0.273. The largest absolute Gasteiger partial charge is 0.377 e. The quantitative estimate of drug-likeness (QED) is 0.839. The Morgan fingerprint density at radius 1 is 1.44 bits per heavy atom. The Hall–Kier alpha value is -1.72. The van der Waals surface area contributed by atoms with Crippen molar-refractivity contribution in [1.82, 2.24) is 10.1 Å². The van der Waals surface area contributed by atoms with Gasteiger partial charge >= 0.3 is 0 Å². The third kappa shape index (κ3) is 2.26. The summed E-state index contributed by atoms with van der Waals surface area (Å²) in [5.41, 5.74) is 7.47. The van der Waals surface area contributed by atoms with Crippen LogP contribution in [0.5, 0.6) is 0 Å². The zero-order valence-electron chi connectivity index (χ0n) is 9.01. The summed E-state index contributed by atoms with van der Waals surface area (Å²) in [6.45, 7) is 0.840. The molecule has 0 saturated heterocycles. The summed E-state index contributed by atoms with van der Waals surface area (Å²) in [7, 11) is 1.59. The summed E-state index contributed by atoms with van der Waals surface area (Å²) in [4.78, 5) is 4.20. The Labute approximate surface area is 93.2 Å². The molecule has 0 radical (unpaired) electrons. The predicted octanol–water partition coefficient (Wildman–Crippen LogP) is 1.34. The smallest absolute Gasteiger partial charge is 0.258 e. The predicted molar refractivity (Wildman–Crippen MR) is 58.3 cm³/mol. The Morgan fingerprint density at radius 2 is 2.31 bits per heavy atom. The third-order valence-corrected chi connectivity index (χ3v) is 2.15. The summed E-state index contributed by atoms with van der Waals surface area (Å²) >= 11 is 0. The number of rotatable bonds is 4. The number of nitrogens with zero attached hydrogens (tertiary/aromatic N) is 2. The van der Waals surface area contributed by atoms with Crippen molar-refractivity contribution in [2.45, 2.75) is 13.2 Å². The number of aromatic nitrogens is 2. The van der Waals surface area contributed by atoms with Crippen molar-refractivity contribution >= 4 is 0 Å². The van der Waals surface area contributed by atoms with E-state index in [0.29, 0.717) is 24.9 Å². The fourth-order valence-corrected chi connectivity index (χ4v) is 1.39. The van der Waals surface area contributed by atoms with Gasteiger partial charge in [0, 0.05) is 19.2 Å². The minimum atomic E-state index is 0.347. The van der Waals surface area contributed by atoms with E-state index in [4.69, 9.17) is 15.0 Å². The molecule has 5 heteroatoms. The molecule has 0 unspecified atom stereocenters. The van der Waals surface area contributed by atoms with Gasteiger partial charge in [0.05, 0.1) is 0 Å². The maximum absolute atomic E-state index is 5.56. The second kappa shape index (κ2) is 4.87. The van der Waals surface area contributed by atoms with Crippen LogP contribution in [0.2, 0.25) is 0 Å². The van der Waals surface area contributed by atoms with Gasteiger partial charge in [-0.25, -0.2) is 0 Å². The van der Waals surface area contributed by atoms with Crippen molar-refractivity contribution in [1.29, 1.82) is 0 Å². The summed E-state index contributed by atoms with van der Waals surface area (Å²) < 4.78 is 10.0. The highest BCUT2D eigenvalue weighted by Gasteiger charge is 2.08. The monoisotopic (exact) mass is 219 g/mol. The van der Waals surface area contributed by atoms with Gasteiger partial charge in [-0.05, 0) is 17.7 Å². The minimum Gasteiger partial charge on any atom is -0.377 e. The molecule has 16 heavy (non-hydrogen) atoms. The van der Waals surface area contributed by atoms with Crippen LogP contribution in [0.15, 0.2) is 28.8 Å². The molecule has 0 bridgehead atoms. The van der Waals surface area contributed by atoms with Gasteiger partial charge in [0.1, 0.15) is 6.61 Å². The number of benzene rings is 1. The van der Waals surface area contributed by atoms with E-state index in [1.807, 2.05) is 24.3 Å². The Balaban J connectivity index is 2.27. The first-order chi connectivity index (χ1) is 7.83. The van der Waals surface area contributed by atoms with Crippen LogP contribution in [-0.4, -0.2) is 17.3 Å². The lowest BCUT2D eigenvalue weighted by atomic mass is 10.1. The van der Waals surface area contributed by atoms with E-state index < -0.39 is 0 Å². The molecule has 0 amide bonds. The van der Waals surface area contributed by atoms with Crippen LogP contribution in [0.4, 0.5) is 0 Å². The van der Waals surface area contributed by atoms with Gasteiger partial charge in [-0.2, -0.15) is 4.98 Å². The number of methoxy groups -OCH3 is 1. The maximum Gasteiger partial charge on any atom is 0.258 e. The van der Waals surface area contributed by atoms with Crippen LogP contribution < -0.4 is 5.73 Å². The average molecular weight is 219 g/mol.